The number of hydrogen-bond donors (Lipinski definition) is 0. The van der Waals surface area contributed by atoms with Crippen LogP contribution in [0.3, 0.4) is 0 Å². The predicted octanol–water partition coefficient (Wildman–Crippen LogP) is 2.43. The van der Waals surface area contributed by atoms with Gasteiger partial charge in [-0.05, 0) is 44.0 Å². The summed E-state index contributed by atoms with van der Waals surface area (Å²) < 4.78 is 17.1. The molecule has 0 saturated carbocycles. The Labute approximate surface area is 149 Å². The van der Waals surface area contributed by atoms with Crippen LogP contribution >= 0.6 is 0 Å². The molecule has 3 aromatic rings. The fourth-order valence-corrected chi connectivity index (χ4v) is 3.67. The number of imidazole rings is 1. The molecule has 2 aromatic heterocycles. The first-order valence-electron chi connectivity index (χ1n) is 8.64. The number of aryl methyl sites for hydroxylation is 1. The molecule has 0 atom stereocenters. The minimum Gasteiger partial charge on any atom is -0.345 e. The van der Waals surface area contributed by atoms with Gasteiger partial charge in [0.15, 0.2) is 0 Å². The summed E-state index contributed by atoms with van der Waals surface area (Å²) in [6.45, 7) is 3.07. The van der Waals surface area contributed by atoms with Crippen molar-refractivity contribution in [3.05, 3.63) is 58.4 Å². The smallest absolute Gasteiger partial charge is 0.335 e. The summed E-state index contributed by atoms with van der Waals surface area (Å²) in [5.74, 6) is 0.0847. The van der Waals surface area contributed by atoms with E-state index < -0.39 is 5.82 Å². The third kappa shape index (κ3) is 2.69. The first-order valence-corrected chi connectivity index (χ1v) is 8.64. The van der Waals surface area contributed by atoms with Crippen molar-refractivity contribution in [1.82, 2.24) is 19.0 Å². The van der Waals surface area contributed by atoms with Crippen LogP contribution in [0, 0.1) is 12.7 Å². The maximum absolute atomic E-state index is 13.9. The van der Waals surface area contributed by atoms with Crippen LogP contribution < -0.4 is 5.69 Å². The van der Waals surface area contributed by atoms with Crippen LogP contribution in [-0.4, -0.2) is 38.5 Å². The third-order valence-electron chi connectivity index (χ3n) is 4.95. The topological polar surface area (TPSA) is 60.1 Å². The second kappa shape index (κ2) is 6.40. The SMILES string of the molecule is Cc1cccc(-n2c(=O)n(C3CCN(C=O)CC3)c3ccc(F)cc32)n1. The lowest BCUT2D eigenvalue weighted by molar-refractivity contribution is -0.119. The Hall–Kier alpha value is -2.96. The van der Waals surface area contributed by atoms with Gasteiger partial charge in [-0.25, -0.2) is 18.7 Å². The van der Waals surface area contributed by atoms with Crippen LogP contribution in [0.4, 0.5) is 4.39 Å². The van der Waals surface area contributed by atoms with Crippen molar-refractivity contribution in [2.45, 2.75) is 25.8 Å². The van der Waals surface area contributed by atoms with Crippen molar-refractivity contribution >= 4 is 17.4 Å². The molecule has 0 spiro atoms. The molecule has 6 nitrogen and oxygen atoms in total. The van der Waals surface area contributed by atoms with E-state index in [0.717, 1.165) is 12.1 Å². The number of benzene rings is 1. The second-order valence-electron chi connectivity index (χ2n) is 6.63. The normalized spacial score (nSPS) is 15.5. The maximum atomic E-state index is 13.9. The summed E-state index contributed by atoms with van der Waals surface area (Å²) in [7, 11) is 0. The summed E-state index contributed by atoms with van der Waals surface area (Å²) in [5.41, 5.74) is 1.74. The molecule has 1 amide bonds. The molecule has 1 aliphatic rings. The Balaban J connectivity index is 1.91. The third-order valence-corrected chi connectivity index (χ3v) is 4.95. The zero-order chi connectivity index (χ0) is 18.3. The summed E-state index contributed by atoms with van der Waals surface area (Å²) >= 11 is 0. The maximum Gasteiger partial charge on any atom is 0.335 e. The van der Waals surface area contributed by atoms with Crippen molar-refractivity contribution in [2.24, 2.45) is 0 Å². The van der Waals surface area contributed by atoms with Gasteiger partial charge in [0, 0.05) is 30.9 Å². The van der Waals surface area contributed by atoms with Gasteiger partial charge in [-0.2, -0.15) is 0 Å². The van der Waals surface area contributed by atoms with Crippen LogP contribution in [0.1, 0.15) is 24.6 Å². The monoisotopic (exact) mass is 354 g/mol. The number of carbonyl (C=O) groups excluding carboxylic acids is 1. The lowest BCUT2D eigenvalue weighted by Gasteiger charge is -2.29. The van der Waals surface area contributed by atoms with Gasteiger partial charge in [0.25, 0.3) is 0 Å². The molecule has 134 valence electrons. The zero-order valence-corrected chi connectivity index (χ0v) is 14.4. The van der Waals surface area contributed by atoms with Gasteiger partial charge >= 0.3 is 5.69 Å². The van der Waals surface area contributed by atoms with Crippen molar-refractivity contribution in [2.75, 3.05) is 13.1 Å². The Morgan fingerprint density at radius 3 is 2.62 bits per heavy atom. The van der Waals surface area contributed by atoms with Gasteiger partial charge in [0.1, 0.15) is 11.6 Å². The number of rotatable bonds is 3. The van der Waals surface area contributed by atoms with E-state index in [0.29, 0.717) is 42.8 Å². The van der Waals surface area contributed by atoms with Gasteiger partial charge in [0.05, 0.1) is 11.0 Å². The molecule has 1 fully saturated rings. The number of hydrogen-bond acceptors (Lipinski definition) is 3. The number of nitrogens with zero attached hydrogens (tertiary/aromatic N) is 4. The molecule has 4 rings (SSSR count). The first kappa shape index (κ1) is 16.5. The molecule has 0 unspecified atom stereocenters. The number of piperidine rings is 1. The number of pyridine rings is 1. The minimum atomic E-state index is -0.396. The highest BCUT2D eigenvalue weighted by Gasteiger charge is 2.25. The molecule has 26 heavy (non-hydrogen) atoms. The van der Waals surface area contributed by atoms with Gasteiger partial charge in [-0.15, -0.1) is 0 Å². The Bertz CT molecular complexity index is 1030. The number of aromatic nitrogens is 3. The van der Waals surface area contributed by atoms with Crippen molar-refractivity contribution < 1.29 is 9.18 Å². The lowest BCUT2D eigenvalue weighted by Crippen LogP contribution is -2.37. The first-order chi connectivity index (χ1) is 12.6. The molecule has 0 radical (unpaired) electrons. The van der Waals surface area contributed by atoms with E-state index in [1.54, 1.807) is 21.6 Å². The van der Waals surface area contributed by atoms with Crippen LogP contribution in [0.25, 0.3) is 16.9 Å². The number of amides is 1. The predicted molar refractivity (Wildman–Crippen MR) is 95.9 cm³/mol. The fourth-order valence-electron chi connectivity index (χ4n) is 3.67. The van der Waals surface area contributed by atoms with Gasteiger partial charge in [0.2, 0.25) is 6.41 Å². The summed E-state index contributed by atoms with van der Waals surface area (Å²) in [6.07, 6.45) is 2.22. The number of halogens is 1. The highest BCUT2D eigenvalue weighted by molar-refractivity contribution is 5.78. The van der Waals surface area contributed by atoms with E-state index in [2.05, 4.69) is 4.98 Å². The van der Waals surface area contributed by atoms with E-state index in [4.69, 9.17) is 0 Å². The molecule has 0 bridgehead atoms. The molecule has 1 aromatic carbocycles. The molecule has 1 aliphatic heterocycles. The molecule has 0 aliphatic carbocycles. The van der Waals surface area contributed by atoms with E-state index in [-0.39, 0.29) is 11.7 Å². The molecule has 0 N–H and O–H groups in total. The number of carbonyl (C=O) groups is 1. The average molecular weight is 354 g/mol. The van der Waals surface area contributed by atoms with Crippen LogP contribution in [0.5, 0.6) is 0 Å². The molecule has 1 saturated heterocycles. The Kier molecular flexibility index (Phi) is 4.06. The average Bonchev–Trinajstić information content (AvgIpc) is 2.93. The van der Waals surface area contributed by atoms with Gasteiger partial charge < -0.3 is 4.90 Å². The number of fused-ring (bicyclic) bond motifs is 1. The van der Waals surface area contributed by atoms with E-state index in [1.165, 1.54) is 16.7 Å². The van der Waals surface area contributed by atoms with Gasteiger partial charge in [-0.3, -0.25) is 9.36 Å². The van der Waals surface area contributed by atoms with Crippen molar-refractivity contribution in [3.63, 3.8) is 0 Å². The molecule has 7 heteroatoms. The van der Waals surface area contributed by atoms with Crippen LogP contribution in [-0.2, 0) is 4.79 Å². The highest BCUT2D eigenvalue weighted by Crippen LogP contribution is 2.27. The largest absolute Gasteiger partial charge is 0.345 e. The zero-order valence-electron chi connectivity index (χ0n) is 14.4. The van der Waals surface area contributed by atoms with E-state index in [1.807, 2.05) is 19.1 Å². The minimum absolute atomic E-state index is 0.0299. The Morgan fingerprint density at radius 1 is 1.15 bits per heavy atom. The molecular weight excluding hydrogens is 335 g/mol. The second-order valence-corrected chi connectivity index (χ2v) is 6.63. The molecule has 3 heterocycles. The highest BCUT2D eigenvalue weighted by atomic mass is 19.1. The summed E-state index contributed by atoms with van der Waals surface area (Å²) in [5, 5.41) is 0. The van der Waals surface area contributed by atoms with Crippen LogP contribution in [0.15, 0.2) is 41.2 Å². The van der Waals surface area contributed by atoms with Crippen LogP contribution in [0.2, 0.25) is 0 Å². The summed E-state index contributed by atoms with van der Waals surface area (Å²) in [6, 6.07) is 9.78. The van der Waals surface area contributed by atoms with Gasteiger partial charge in [-0.1, -0.05) is 6.07 Å². The van der Waals surface area contributed by atoms with Crippen molar-refractivity contribution in [1.29, 1.82) is 0 Å². The number of likely N-dealkylation sites (tertiary alicyclic amines) is 1. The summed E-state index contributed by atoms with van der Waals surface area (Å²) in [4.78, 5) is 30.3. The molecular formula is C19H19FN4O2. The van der Waals surface area contributed by atoms with E-state index >= 15 is 0 Å². The fraction of sp³-hybridized carbons (Fsp3) is 0.316. The quantitative estimate of drug-likeness (QED) is 0.679. The standard InChI is InChI=1S/C19H19FN4O2/c1-13-3-2-4-18(21-13)24-17-11-14(20)5-6-16(17)23(19(24)26)15-7-9-22(12-25)10-8-15/h2-6,11-12,15H,7-10H2,1H3. The van der Waals surface area contributed by atoms with E-state index in [9.17, 15) is 14.0 Å². The van der Waals surface area contributed by atoms with Crippen molar-refractivity contribution in [3.8, 4) is 5.82 Å². The Morgan fingerprint density at radius 2 is 1.92 bits per heavy atom. The lowest BCUT2D eigenvalue weighted by atomic mass is 10.1.